The second-order valence-corrected chi connectivity index (χ2v) is 10.5. The molecule has 194 valence electrons. The lowest BCUT2D eigenvalue weighted by Crippen LogP contribution is -2.51. The summed E-state index contributed by atoms with van der Waals surface area (Å²) in [6.07, 6.45) is 10.4. The molecular formula is C31H32FN5O. The van der Waals surface area contributed by atoms with Gasteiger partial charge in [0.15, 0.2) is 0 Å². The van der Waals surface area contributed by atoms with Crippen molar-refractivity contribution in [1.82, 2.24) is 24.6 Å². The summed E-state index contributed by atoms with van der Waals surface area (Å²) in [5.74, 6) is 0.562. The van der Waals surface area contributed by atoms with Crippen molar-refractivity contribution in [3.05, 3.63) is 96.2 Å². The van der Waals surface area contributed by atoms with Gasteiger partial charge < -0.3 is 4.90 Å². The van der Waals surface area contributed by atoms with Crippen molar-refractivity contribution in [1.29, 1.82) is 0 Å². The Morgan fingerprint density at radius 2 is 1.63 bits per heavy atom. The molecule has 1 unspecified atom stereocenters. The van der Waals surface area contributed by atoms with Crippen LogP contribution in [0.2, 0.25) is 0 Å². The van der Waals surface area contributed by atoms with Crippen molar-refractivity contribution in [3.63, 3.8) is 0 Å². The Hall–Kier alpha value is -3.87. The number of hydrogen-bond donors (Lipinski definition) is 0. The molecule has 1 aliphatic heterocycles. The highest BCUT2D eigenvalue weighted by Crippen LogP contribution is 2.42. The maximum absolute atomic E-state index is 14.3. The van der Waals surface area contributed by atoms with Gasteiger partial charge in [-0.15, -0.1) is 0 Å². The summed E-state index contributed by atoms with van der Waals surface area (Å²) < 4.78 is 15.4. The first-order valence-electron chi connectivity index (χ1n) is 13.6. The van der Waals surface area contributed by atoms with E-state index in [4.69, 9.17) is 5.10 Å². The van der Waals surface area contributed by atoms with Crippen LogP contribution in [0.25, 0.3) is 17.2 Å². The molecular weight excluding hydrogens is 477 g/mol. The number of halogens is 1. The van der Waals surface area contributed by atoms with E-state index in [1.54, 1.807) is 35.3 Å². The van der Waals surface area contributed by atoms with Crippen LogP contribution in [0.3, 0.4) is 0 Å². The molecule has 2 aromatic carbocycles. The SMILES string of the molecule is O=C(N1CCCC(c2cc(-c3ccc(F)cc3)nn2-c2ncccn2)C1)C1(c2ccccc2)CCCCC1. The number of rotatable bonds is 5. The van der Waals surface area contributed by atoms with Crippen molar-refractivity contribution in [3.8, 4) is 17.2 Å². The zero-order valence-electron chi connectivity index (χ0n) is 21.5. The fourth-order valence-corrected chi connectivity index (χ4v) is 6.25. The number of carbonyl (C=O) groups is 1. The van der Waals surface area contributed by atoms with Crippen LogP contribution in [0.5, 0.6) is 0 Å². The van der Waals surface area contributed by atoms with E-state index in [0.29, 0.717) is 12.5 Å². The number of carbonyl (C=O) groups excluding carboxylic acids is 1. The Morgan fingerprint density at radius 1 is 0.895 bits per heavy atom. The lowest BCUT2D eigenvalue weighted by molar-refractivity contribution is -0.140. The standard InChI is InChI=1S/C31H32FN5O/c32-26-14-12-23(13-15-26)27-21-28(37(35-27)30-33-18-8-19-34-30)24-9-7-20-36(22-24)29(38)31(16-5-2-6-17-31)25-10-3-1-4-11-25/h1,3-4,8,10-15,18-19,21,24H,2,5-7,9,16-17,20,22H2. The topological polar surface area (TPSA) is 63.9 Å². The second-order valence-electron chi connectivity index (χ2n) is 10.5. The Labute approximate surface area is 222 Å². The van der Waals surface area contributed by atoms with Gasteiger partial charge in [0.25, 0.3) is 5.95 Å². The monoisotopic (exact) mass is 509 g/mol. The molecule has 1 atom stereocenters. The molecule has 1 saturated carbocycles. The molecule has 0 N–H and O–H groups in total. The van der Waals surface area contributed by atoms with Crippen LogP contribution in [-0.2, 0) is 10.2 Å². The van der Waals surface area contributed by atoms with Crippen LogP contribution in [-0.4, -0.2) is 43.6 Å². The second kappa shape index (κ2) is 10.5. The maximum atomic E-state index is 14.3. The van der Waals surface area contributed by atoms with Gasteiger partial charge in [-0.05, 0) is 67.6 Å². The smallest absolute Gasteiger partial charge is 0.250 e. The third kappa shape index (κ3) is 4.62. The largest absolute Gasteiger partial charge is 0.341 e. The van der Waals surface area contributed by atoms with Crippen LogP contribution < -0.4 is 0 Å². The van der Waals surface area contributed by atoms with Crippen molar-refractivity contribution in [2.75, 3.05) is 13.1 Å². The zero-order valence-corrected chi connectivity index (χ0v) is 21.5. The highest BCUT2D eigenvalue weighted by atomic mass is 19.1. The molecule has 2 fully saturated rings. The van der Waals surface area contributed by atoms with Gasteiger partial charge in [-0.3, -0.25) is 4.79 Å². The molecule has 7 heteroatoms. The minimum atomic E-state index is -0.441. The minimum absolute atomic E-state index is 0.0922. The number of likely N-dealkylation sites (tertiary alicyclic amines) is 1. The van der Waals surface area contributed by atoms with Crippen LogP contribution >= 0.6 is 0 Å². The Bertz CT molecular complexity index is 1380. The van der Waals surface area contributed by atoms with Crippen LogP contribution in [0, 0.1) is 5.82 Å². The van der Waals surface area contributed by atoms with E-state index in [9.17, 15) is 9.18 Å². The summed E-state index contributed by atoms with van der Waals surface area (Å²) >= 11 is 0. The lowest BCUT2D eigenvalue weighted by atomic mass is 9.68. The average molecular weight is 510 g/mol. The summed E-state index contributed by atoms with van der Waals surface area (Å²) in [5, 5.41) is 4.84. The normalized spacial score (nSPS) is 19.3. The van der Waals surface area contributed by atoms with Gasteiger partial charge in [-0.25, -0.2) is 19.0 Å². The number of benzene rings is 2. The molecule has 0 bridgehead atoms. The van der Waals surface area contributed by atoms with Gasteiger partial charge in [0.05, 0.1) is 16.8 Å². The van der Waals surface area contributed by atoms with Crippen molar-refractivity contribution >= 4 is 5.91 Å². The van der Waals surface area contributed by atoms with Crippen LogP contribution in [0.1, 0.15) is 62.1 Å². The first-order chi connectivity index (χ1) is 18.6. The molecule has 4 aromatic rings. The van der Waals surface area contributed by atoms with Gasteiger partial charge in [0.1, 0.15) is 5.82 Å². The number of aromatic nitrogens is 4. The third-order valence-electron chi connectivity index (χ3n) is 8.19. The molecule has 1 amide bonds. The summed E-state index contributed by atoms with van der Waals surface area (Å²) in [6, 6.07) is 20.6. The van der Waals surface area contributed by atoms with Gasteiger partial charge in [0.2, 0.25) is 5.91 Å². The van der Waals surface area contributed by atoms with Crippen LogP contribution in [0.15, 0.2) is 79.1 Å². The average Bonchev–Trinajstić information content (AvgIpc) is 3.44. The quantitative estimate of drug-likeness (QED) is 0.327. The number of nitrogens with zero attached hydrogens (tertiary/aromatic N) is 5. The molecule has 2 aromatic heterocycles. The molecule has 38 heavy (non-hydrogen) atoms. The van der Waals surface area contributed by atoms with E-state index in [1.165, 1.54) is 18.6 Å². The fraction of sp³-hybridized carbons (Fsp3) is 0.355. The van der Waals surface area contributed by atoms with E-state index in [0.717, 1.165) is 67.6 Å². The van der Waals surface area contributed by atoms with E-state index < -0.39 is 5.41 Å². The van der Waals surface area contributed by atoms with E-state index in [1.807, 2.05) is 18.2 Å². The summed E-state index contributed by atoms with van der Waals surface area (Å²) in [6.45, 7) is 1.40. The lowest BCUT2D eigenvalue weighted by Gasteiger charge is -2.43. The minimum Gasteiger partial charge on any atom is -0.341 e. The Kier molecular flexibility index (Phi) is 6.75. The summed E-state index contributed by atoms with van der Waals surface area (Å²) in [7, 11) is 0. The van der Waals surface area contributed by atoms with E-state index >= 15 is 0 Å². The van der Waals surface area contributed by atoms with Crippen molar-refractivity contribution < 1.29 is 9.18 Å². The van der Waals surface area contributed by atoms with Gasteiger partial charge in [-0.2, -0.15) is 5.10 Å². The zero-order chi connectivity index (χ0) is 26.0. The highest BCUT2D eigenvalue weighted by molar-refractivity contribution is 5.88. The fourth-order valence-electron chi connectivity index (χ4n) is 6.25. The predicted octanol–water partition coefficient (Wildman–Crippen LogP) is 6.08. The van der Waals surface area contributed by atoms with Gasteiger partial charge >= 0.3 is 0 Å². The summed E-state index contributed by atoms with van der Waals surface area (Å²) in [4.78, 5) is 25.3. The van der Waals surface area contributed by atoms with E-state index in [-0.39, 0.29) is 17.6 Å². The molecule has 1 aliphatic carbocycles. The number of amides is 1. The molecule has 2 aliphatic rings. The number of piperidine rings is 1. The highest BCUT2D eigenvalue weighted by Gasteiger charge is 2.44. The van der Waals surface area contributed by atoms with Crippen molar-refractivity contribution in [2.45, 2.75) is 56.3 Å². The molecule has 0 spiro atoms. The maximum Gasteiger partial charge on any atom is 0.250 e. The Morgan fingerprint density at radius 3 is 2.37 bits per heavy atom. The third-order valence-corrected chi connectivity index (χ3v) is 8.19. The van der Waals surface area contributed by atoms with E-state index in [2.05, 4.69) is 33.1 Å². The molecule has 6 nitrogen and oxygen atoms in total. The Balaban J connectivity index is 1.34. The molecule has 6 rings (SSSR count). The first kappa shape index (κ1) is 24.5. The number of hydrogen-bond acceptors (Lipinski definition) is 4. The predicted molar refractivity (Wildman–Crippen MR) is 144 cm³/mol. The molecule has 0 radical (unpaired) electrons. The first-order valence-corrected chi connectivity index (χ1v) is 13.6. The van der Waals surface area contributed by atoms with Crippen molar-refractivity contribution in [2.24, 2.45) is 0 Å². The van der Waals surface area contributed by atoms with Crippen LogP contribution in [0.4, 0.5) is 4.39 Å². The molecule has 3 heterocycles. The van der Waals surface area contributed by atoms with Gasteiger partial charge in [0, 0.05) is 37.0 Å². The molecule has 1 saturated heterocycles. The summed E-state index contributed by atoms with van der Waals surface area (Å²) in [5.41, 5.74) is 3.25. The van der Waals surface area contributed by atoms with Gasteiger partial charge in [-0.1, -0.05) is 49.6 Å².